The third kappa shape index (κ3) is 3.15. The van der Waals surface area contributed by atoms with Crippen LogP contribution in [-0.4, -0.2) is 39.4 Å². The summed E-state index contributed by atoms with van der Waals surface area (Å²) in [6.07, 6.45) is 0.206. The second kappa shape index (κ2) is 5.23. The lowest BCUT2D eigenvalue weighted by atomic mass is 10.4. The molecule has 7 nitrogen and oxygen atoms in total. The quantitative estimate of drug-likeness (QED) is 0.515. The maximum Gasteiger partial charge on any atom is 0.406 e. The third-order valence-electron chi connectivity index (χ3n) is 1.57. The molecule has 1 aromatic heterocycles. The lowest BCUT2D eigenvalue weighted by Crippen LogP contribution is -2.21. The van der Waals surface area contributed by atoms with E-state index in [2.05, 4.69) is 4.98 Å². The van der Waals surface area contributed by atoms with Crippen LogP contribution in [0.15, 0.2) is 18.3 Å². The summed E-state index contributed by atoms with van der Waals surface area (Å²) in [6.45, 7) is -0.683. The van der Waals surface area contributed by atoms with Gasteiger partial charge in [-0.15, -0.1) is 0 Å². The van der Waals surface area contributed by atoms with Crippen molar-refractivity contribution in [1.29, 1.82) is 0 Å². The van der Waals surface area contributed by atoms with Gasteiger partial charge < -0.3 is 25.1 Å². The van der Waals surface area contributed by atoms with Crippen LogP contribution < -0.4 is 4.74 Å². The molecular formula is C8H10N2O5. The van der Waals surface area contributed by atoms with Gasteiger partial charge in [0.1, 0.15) is 18.9 Å². The van der Waals surface area contributed by atoms with Crippen molar-refractivity contribution >= 4 is 5.82 Å². The average molecular weight is 214 g/mol. The van der Waals surface area contributed by atoms with Gasteiger partial charge in [-0.2, -0.15) is 0 Å². The highest BCUT2D eigenvalue weighted by atomic mass is 16.6. The largest absolute Gasteiger partial charge is 0.483 e. The van der Waals surface area contributed by atoms with Gasteiger partial charge in [-0.1, -0.05) is 0 Å². The van der Waals surface area contributed by atoms with Gasteiger partial charge in [-0.25, -0.2) is 0 Å². The first kappa shape index (κ1) is 11.3. The van der Waals surface area contributed by atoms with Gasteiger partial charge in [0, 0.05) is 0 Å². The third-order valence-corrected chi connectivity index (χ3v) is 1.57. The van der Waals surface area contributed by atoms with Crippen LogP contribution in [0.4, 0.5) is 5.82 Å². The van der Waals surface area contributed by atoms with Crippen LogP contribution in [0.25, 0.3) is 0 Å². The number of nitrogens with zero attached hydrogens (tertiary/aromatic N) is 2. The van der Waals surface area contributed by atoms with E-state index < -0.39 is 23.5 Å². The number of hydrogen-bond acceptors (Lipinski definition) is 6. The molecule has 0 saturated carbocycles. The van der Waals surface area contributed by atoms with Crippen LogP contribution in [0, 0.1) is 10.1 Å². The number of pyridine rings is 1. The Balaban J connectivity index is 2.72. The number of aliphatic hydroxyl groups is 2. The molecule has 15 heavy (non-hydrogen) atoms. The summed E-state index contributed by atoms with van der Waals surface area (Å²) in [6, 6.07) is 2.85. The summed E-state index contributed by atoms with van der Waals surface area (Å²) in [4.78, 5) is 13.3. The van der Waals surface area contributed by atoms with Crippen LogP contribution in [0.3, 0.4) is 0 Å². The van der Waals surface area contributed by atoms with E-state index in [9.17, 15) is 10.1 Å². The minimum atomic E-state index is -1.06. The van der Waals surface area contributed by atoms with Crippen molar-refractivity contribution in [2.24, 2.45) is 0 Å². The number of rotatable bonds is 5. The van der Waals surface area contributed by atoms with Crippen molar-refractivity contribution in [3.8, 4) is 5.75 Å². The van der Waals surface area contributed by atoms with Crippen molar-refractivity contribution < 1.29 is 19.9 Å². The Hall–Kier alpha value is -1.73. The molecule has 2 N–H and O–H groups in total. The molecular weight excluding hydrogens is 204 g/mol. The molecule has 1 atom stereocenters. The van der Waals surface area contributed by atoms with Crippen molar-refractivity contribution in [1.82, 2.24) is 4.98 Å². The number of nitro groups is 1. The van der Waals surface area contributed by atoms with Gasteiger partial charge in [-0.3, -0.25) is 0 Å². The zero-order chi connectivity index (χ0) is 11.3. The molecule has 0 spiro atoms. The van der Waals surface area contributed by atoms with Crippen molar-refractivity contribution in [3.63, 3.8) is 0 Å². The van der Waals surface area contributed by atoms with E-state index in [0.717, 1.165) is 0 Å². The molecule has 0 aliphatic rings. The van der Waals surface area contributed by atoms with Gasteiger partial charge >= 0.3 is 5.82 Å². The van der Waals surface area contributed by atoms with E-state index in [1.165, 1.54) is 18.3 Å². The standard InChI is InChI=1S/C8H10N2O5/c11-4-6(12)5-15-7-2-1-3-9-8(7)10(13)14/h1-3,6,11-12H,4-5H2. The molecule has 1 aromatic rings. The van der Waals surface area contributed by atoms with E-state index in [4.69, 9.17) is 14.9 Å². The summed E-state index contributed by atoms with van der Waals surface area (Å²) in [5, 5.41) is 28.0. The predicted octanol–water partition coefficient (Wildman–Crippen LogP) is -0.278. The number of aliphatic hydroxyl groups excluding tert-OH is 2. The second-order valence-corrected chi connectivity index (χ2v) is 2.73. The maximum atomic E-state index is 10.5. The molecule has 1 heterocycles. The minimum Gasteiger partial charge on any atom is -0.483 e. The highest BCUT2D eigenvalue weighted by molar-refractivity contribution is 5.38. The normalized spacial score (nSPS) is 12.1. The van der Waals surface area contributed by atoms with E-state index in [1.54, 1.807) is 0 Å². The zero-order valence-electron chi connectivity index (χ0n) is 7.74. The lowest BCUT2D eigenvalue weighted by Gasteiger charge is -2.08. The summed E-state index contributed by atoms with van der Waals surface area (Å²) in [5.41, 5.74) is 0. The highest BCUT2D eigenvalue weighted by Gasteiger charge is 2.16. The molecule has 0 radical (unpaired) electrons. The van der Waals surface area contributed by atoms with Crippen LogP contribution in [0.5, 0.6) is 5.75 Å². The predicted molar refractivity (Wildman–Crippen MR) is 49.5 cm³/mol. The van der Waals surface area contributed by atoms with Gasteiger partial charge in [0.25, 0.3) is 0 Å². The van der Waals surface area contributed by atoms with Crippen LogP contribution >= 0.6 is 0 Å². The molecule has 0 aliphatic heterocycles. The molecule has 0 bridgehead atoms. The Labute approximate surface area is 85.1 Å². The Bertz CT molecular complexity index is 344. The molecule has 82 valence electrons. The summed E-state index contributed by atoms with van der Waals surface area (Å²) < 4.78 is 4.94. The SMILES string of the molecule is O=[N+]([O-])c1ncccc1OCC(O)CO. The first-order valence-electron chi connectivity index (χ1n) is 4.16. The molecule has 0 aliphatic carbocycles. The van der Waals surface area contributed by atoms with E-state index >= 15 is 0 Å². The smallest absolute Gasteiger partial charge is 0.406 e. The molecule has 7 heteroatoms. The van der Waals surface area contributed by atoms with Gasteiger partial charge in [0.05, 0.1) is 6.61 Å². The van der Waals surface area contributed by atoms with Crippen LogP contribution in [-0.2, 0) is 0 Å². The Morgan fingerprint density at radius 3 is 3.00 bits per heavy atom. The summed E-state index contributed by atoms with van der Waals surface area (Å²) in [5.74, 6) is -0.447. The molecule has 1 rings (SSSR count). The Morgan fingerprint density at radius 1 is 1.67 bits per heavy atom. The van der Waals surface area contributed by atoms with E-state index in [-0.39, 0.29) is 12.4 Å². The fourth-order valence-electron chi connectivity index (χ4n) is 0.871. The minimum absolute atomic E-state index is 0.0324. The highest BCUT2D eigenvalue weighted by Crippen LogP contribution is 2.22. The first-order valence-corrected chi connectivity index (χ1v) is 4.16. The molecule has 0 aromatic carbocycles. The van der Waals surface area contributed by atoms with E-state index in [0.29, 0.717) is 0 Å². The summed E-state index contributed by atoms with van der Waals surface area (Å²) >= 11 is 0. The molecule has 0 amide bonds. The average Bonchev–Trinajstić information content (AvgIpc) is 2.26. The fourth-order valence-corrected chi connectivity index (χ4v) is 0.871. The zero-order valence-corrected chi connectivity index (χ0v) is 7.74. The second-order valence-electron chi connectivity index (χ2n) is 2.73. The number of ether oxygens (including phenoxy) is 1. The number of aromatic nitrogens is 1. The van der Waals surface area contributed by atoms with Crippen molar-refractivity contribution in [2.75, 3.05) is 13.2 Å². The molecule has 1 unspecified atom stereocenters. The first-order chi connectivity index (χ1) is 7.15. The monoisotopic (exact) mass is 214 g/mol. The van der Waals surface area contributed by atoms with Crippen molar-refractivity contribution in [3.05, 3.63) is 28.4 Å². The maximum absolute atomic E-state index is 10.5. The van der Waals surface area contributed by atoms with Gasteiger partial charge in [0.15, 0.2) is 0 Å². The Kier molecular flexibility index (Phi) is 3.95. The Morgan fingerprint density at radius 2 is 2.40 bits per heavy atom. The van der Waals surface area contributed by atoms with Crippen molar-refractivity contribution in [2.45, 2.75) is 6.10 Å². The topological polar surface area (TPSA) is 106 Å². The number of hydrogen-bond donors (Lipinski definition) is 2. The van der Waals surface area contributed by atoms with Gasteiger partial charge in [0.2, 0.25) is 5.75 Å². The molecule has 0 saturated heterocycles. The van der Waals surface area contributed by atoms with E-state index in [1.807, 2.05) is 0 Å². The summed E-state index contributed by atoms with van der Waals surface area (Å²) in [7, 11) is 0. The van der Waals surface area contributed by atoms with Crippen LogP contribution in [0.2, 0.25) is 0 Å². The van der Waals surface area contributed by atoms with Crippen LogP contribution in [0.1, 0.15) is 0 Å². The fraction of sp³-hybridized carbons (Fsp3) is 0.375. The molecule has 0 fully saturated rings. The lowest BCUT2D eigenvalue weighted by molar-refractivity contribution is -0.390. The van der Waals surface area contributed by atoms with Gasteiger partial charge in [-0.05, 0) is 22.0 Å².